The SMILES string of the molecule is N[C@H](C(=O)Nc1ccc2c(c1)OCCO2)c1ccccc1. The molecule has 3 rings (SSSR count). The lowest BCUT2D eigenvalue weighted by molar-refractivity contribution is -0.117. The third kappa shape index (κ3) is 2.98. The second-order valence-corrected chi connectivity index (χ2v) is 4.74. The maximum Gasteiger partial charge on any atom is 0.245 e. The van der Waals surface area contributed by atoms with Crippen molar-refractivity contribution < 1.29 is 14.3 Å². The first-order chi connectivity index (χ1) is 10.2. The highest BCUT2D eigenvalue weighted by Crippen LogP contribution is 2.32. The molecule has 0 saturated heterocycles. The second kappa shape index (κ2) is 5.85. The van der Waals surface area contributed by atoms with Gasteiger partial charge in [-0.1, -0.05) is 30.3 Å². The van der Waals surface area contributed by atoms with Crippen molar-refractivity contribution in [1.29, 1.82) is 0 Å². The van der Waals surface area contributed by atoms with Crippen LogP contribution in [0.15, 0.2) is 48.5 Å². The van der Waals surface area contributed by atoms with E-state index in [-0.39, 0.29) is 5.91 Å². The Kier molecular flexibility index (Phi) is 3.75. The highest BCUT2D eigenvalue weighted by atomic mass is 16.6. The molecule has 3 N–H and O–H groups in total. The number of benzene rings is 2. The van der Waals surface area contributed by atoms with Crippen molar-refractivity contribution in [2.45, 2.75) is 6.04 Å². The van der Waals surface area contributed by atoms with Crippen molar-refractivity contribution >= 4 is 11.6 Å². The number of amides is 1. The number of fused-ring (bicyclic) bond motifs is 1. The minimum atomic E-state index is -0.709. The summed E-state index contributed by atoms with van der Waals surface area (Å²) in [6.45, 7) is 1.05. The molecule has 5 heteroatoms. The van der Waals surface area contributed by atoms with Crippen molar-refractivity contribution in [3.63, 3.8) is 0 Å². The van der Waals surface area contributed by atoms with E-state index >= 15 is 0 Å². The fourth-order valence-corrected chi connectivity index (χ4v) is 2.15. The number of anilines is 1. The summed E-state index contributed by atoms with van der Waals surface area (Å²) in [5.41, 5.74) is 7.36. The van der Waals surface area contributed by atoms with Crippen molar-refractivity contribution in [2.75, 3.05) is 18.5 Å². The lowest BCUT2D eigenvalue weighted by atomic mass is 10.1. The Morgan fingerprint density at radius 1 is 1.05 bits per heavy atom. The maximum atomic E-state index is 12.2. The molecule has 5 nitrogen and oxygen atoms in total. The largest absolute Gasteiger partial charge is 0.486 e. The Morgan fingerprint density at radius 2 is 1.76 bits per heavy atom. The molecule has 0 saturated carbocycles. The van der Waals surface area contributed by atoms with Gasteiger partial charge in [-0.3, -0.25) is 4.79 Å². The summed E-state index contributed by atoms with van der Waals surface area (Å²) in [5, 5.41) is 2.79. The topological polar surface area (TPSA) is 73.6 Å². The molecule has 0 radical (unpaired) electrons. The molecular weight excluding hydrogens is 268 g/mol. The van der Waals surface area contributed by atoms with Crippen LogP contribution in [0.3, 0.4) is 0 Å². The monoisotopic (exact) mass is 284 g/mol. The molecule has 21 heavy (non-hydrogen) atoms. The summed E-state index contributed by atoms with van der Waals surface area (Å²) < 4.78 is 10.9. The number of nitrogens with two attached hydrogens (primary N) is 1. The van der Waals surface area contributed by atoms with Crippen LogP contribution in [0.4, 0.5) is 5.69 Å². The molecule has 1 atom stereocenters. The number of hydrogen-bond donors (Lipinski definition) is 2. The standard InChI is InChI=1S/C16H16N2O3/c17-15(11-4-2-1-3-5-11)16(19)18-12-6-7-13-14(10-12)21-9-8-20-13/h1-7,10,15H,8-9,17H2,(H,18,19)/t15-/m0/s1. The molecule has 1 aliphatic heterocycles. The van der Waals surface area contributed by atoms with Gasteiger partial charge in [-0.2, -0.15) is 0 Å². The van der Waals surface area contributed by atoms with Gasteiger partial charge in [0.15, 0.2) is 11.5 Å². The zero-order valence-electron chi connectivity index (χ0n) is 11.4. The van der Waals surface area contributed by atoms with Gasteiger partial charge in [-0.05, 0) is 17.7 Å². The van der Waals surface area contributed by atoms with E-state index in [9.17, 15) is 4.79 Å². The highest BCUT2D eigenvalue weighted by molar-refractivity contribution is 5.95. The van der Waals surface area contributed by atoms with Crippen LogP contribution in [0.5, 0.6) is 11.5 Å². The quantitative estimate of drug-likeness (QED) is 0.905. The summed E-state index contributed by atoms with van der Waals surface area (Å²) in [6.07, 6.45) is 0. The molecule has 108 valence electrons. The molecule has 0 aliphatic carbocycles. The van der Waals surface area contributed by atoms with E-state index in [0.717, 1.165) is 5.56 Å². The van der Waals surface area contributed by atoms with Gasteiger partial charge in [0.1, 0.15) is 19.3 Å². The molecule has 0 aromatic heterocycles. The third-order valence-electron chi connectivity index (χ3n) is 3.25. The van der Waals surface area contributed by atoms with E-state index in [1.54, 1.807) is 18.2 Å². The molecule has 0 unspecified atom stereocenters. The van der Waals surface area contributed by atoms with Crippen molar-refractivity contribution in [2.24, 2.45) is 5.73 Å². The zero-order chi connectivity index (χ0) is 14.7. The van der Waals surface area contributed by atoms with Gasteiger partial charge < -0.3 is 20.5 Å². The first kappa shape index (κ1) is 13.5. The zero-order valence-corrected chi connectivity index (χ0v) is 11.4. The van der Waals surface area contributed by atoms with E-state index in [1.165, 1.54) is 0 Å². The Balaban J connectivity index is 1.73. The Labute approximate surface area is 122 Å². The van der Waals surface area contributed by atoms with Crippen molar-refractivity contribution in [3.05, 3.63) is 54.1 Å². The molecule has 2 aromatic carbocycles. The summed E-state index contributed by atoms with van der Waals surface area (Å²) in [5.74, 6) is 1.05. The Morgan fingerprint density at radius 3 is 2.52 bits per heavy atom. The molecule has 1 aliphatic rings. The normalized spacial score (nSPS) is 14.3. The number of rotatable bonds is 3. The average molecular weight is 284 g/mol. The minimum Gasteiger partial charge on any atom is -0.486 e. The lowest BCUT2D eigenvalue weighted by Gasteiger charge is -2.19. The summed E-state index contributed by atoms with van der Waals surface area (Å²) in [6, 6.07) is 13.8. The van der Waals surface area contributed by atoms with Crippen LogP contribution in [-0.2, 0) is 4.79 Å². The Bertz CT molecular complexity index is 643. The molecular formula is C16H16N2O3. The van der Waals surface area contributed by atoms with Gasteiger partial charge in [0.25, 0.3) is 0 Å². The van der Waals surface area contributed by atoms with Crippen LogP contribution in [-0.4, -0.2) is 19.1 Å². The Hall–Kier alpha value is -2.53. The maximum absolute atomic E-state index is 12.2. The first-order valence-electron chi connectivity index (χ1n) is 6.75. The molecule has 1 heterocycles. The molecule has 0 bridgehead atoms. The summed E-state index contributed by atoms with van der Waals surface area (Å²) in [7, 11) is 0. The average Bonchev–Trinajstić information content (AvgIpc) is 2.55. The van der Waals surface area contributed by atoms with Gasteiger partial charge in [0.2, 0.25) is 5.91 Å². The number of carbonyl (C=O) groups excluding carboxylic acids is 1. The van der Waals surface area contributed by atoms with Gasteiger partial charge in [-0.25, -0.2) is 0 Å². The minimum absolute atomic E-state index is 0.266. The van der Waals surface area contributed by atoms with Gasteiger partial charge >= 0.3 is 0 Å². The molecule has 1 amide bonds. The predicted molar refractivity (Wildman–Crippen MR) is 79.4 cm³/mol. The first-order valence-corrected chi connectivity index (χ1v) is 6.75. The molecule has 0 fully saturated rings. The van der Waals surface area contributed by atoms with E-state index in [1.807, 2.05) is 30.3 Å². The smallest absolute Gasteiger partial charge is 0.245 e. The number of hydrogen-bond acceptors (Lipinski definition) is 4. The number of ether oxygens (including phenoxy) is 2. The van der Waals surface area contributed by atoms with E-state index < -0.39 is 6.04 Å². The third-order valence-corrected chi connectivity index (χ3v) is 3.25. The predicted octanol–water partition coefficient (Wildman–Crippen LogP) is 2.10. The van der Waals surface area contributed by atoms with E-state index in [2.05, 4.69) is 5.32 Å². The van der Waals surface area contributed by atoms with E-state index in [4.69, 9.17) is 15.2 Å². The van der Waals surface area contributed by atoms with Gasteiger partial charge in [0, 0.05) is 11.8 Å². The van der Waals surface area contributed by atoms with Crippen LogP contribution >= 0.6 is 0 Å². The van der Waals surface area contributed by atoms with Crippen LogP contribution in [0, 0.1) is 0 Å². The summed E-state index contributed by atoms with van der Waals surface area (Å²) >= 11 is 0. The van der Waals surface area contributed by atoms with Crippen LogP contribution in [0.2, 0.25) is 0 Å². The van der Waals surface area contributed by atoms with Gasteiger partial charge in [-0.15, -0.1) is 0 Å². The van der Waals surface area contributed by atoms with Crippen LogP contribution < -0.4 is 20.5 Å². The van der Waals surface area contributed by atoms with Crippen LogP contribution in [0.1, 0.15) is 11.6 Å². The number of nitrogens with one attached hydrogen (secondary N) is 1. The van der Waals surface area contributed by atoms with E-state index in [0.29, 0.717) is 30.4 Å². The lowest BCUT2D eigenvalue weighted by Crippen LogP contribution is -2.27. The van der Waals surface area contributed by atoms with Crippen molar-refractivity contribution in [3.8, 4) is 11.5 Å². The summed E-state index contributed by atoms with van der Waals surface area (Å²) in [4.78, 5) is 12.2. The van der Waals surface area contributed by atoms with Crippen LogP contribution in [0.25, 0.3) is 0 Å². The molecule has 2 aromatic rings. The van der Waals surface area contributed by atoms with Crippen molar-refractivity contribution in [1.82, 2.24) is 0 Å². The number of carbonyl (C=O) groups is 1. The van der Waals surface area contributed by atoms with Gasteiger partial charge in [0.05, 0.1) is 0 Å². The fourth-order valence-electron chi connectivity index (χ4n) is 2.15. The second-order valence-electron chi connectivity index (χ2n) is 4.74. The highest BCUT2D eigenvalue weighted by Gasteiger charge is 2.17. The fraction of sp³-hybridized carbons (Fsp3) is 0.188. The molecule has 0 spiro atoms.